The smallest absolute Gasteiger partial charge is 0.289 e. The van der Waals surface area contributed by atoms with Crippen LogP contribution in [-0.2, 0) is 31.4 Å². The fraction of sp³-hybridized carbons (Fsp3) is 0.333. The molecule has 1 N–H and O–H groups in total. The van der Waals surface area contributed by atoms with Crippen molar-refractivity contribution in [1.29, 1.82) is 0 Å². The number of benzene rings is 1. The van der Waals surface area contributed by atoms with Crippen molar-refractivity contribution in [2.45, 2.75) is 31.5 Å². The first kappa shape index (κ1) is 22.6. The Balaban J connectivity index is 1.72. The van der Waals surface area contributed by atoms with Gasteiger partial charge in [0.2, 0.25) is 0 Å². The normalized spacial score (nSPS) is 15.5. The summed E-state index contributed by atoms with van der Waals surface area (Å²) < 4.78 is 45.2. The van der Waals surface area contributed by atoms with Gasteiger partial charge in [-0.15, -0.1) is 0 Å². The van der Waals surface area contributed by atoms with Gasteiger partial charge in [-0.1, -0.05) is 0 Å². The van der Waals surface area contributed by atoms with E-state index in [4.69, 9.17) is 0 Å². The summed E-state index contributed by atoms with van der Waals surface area (Å²) in [5, 5.41) is 4.29. The summed E-state index contributed by atoms with van der Waals surface area (Å²) in [6, 6.07) is 6.36. The molecule has 0 aliphatic heterocycles. The molecule has 3 heterocycles. The number of rotatable bonds is 8. The van der Waals surface area contributed by atoms with Crippen molar-refractivity contribution >= 4 is 39.4 Å². The Kier molecular flexibility index (Phi) is 5.70. The highest BCUT2D eigenvalue weighted by Gasteiger charge is 2.51. The molecular weight excluding hydrogens is 483 g/mol. The van der Waals surface area contributed by atoms with Crippen LogP contribution in [0.1, 0.15) is 23.3 Å². The minimum Gasteiger partial charge on any atom is -0.289 e. The maximum absolute atomic E-state index is 13.7. The van der Waals surface area contributed by atoms with Crippen LogP contribution in [0.3, 0.4) is 0 Å². The molecule has 1 saturated carbocycles. The van der Waals surface area contributed by atoms with Crippen LogP contribution < -0.4 is 15.6 Å². The summed E-state index contributed by atoms with van der Waals surface area (Å²) >= 11 is -1.24. The molecule has 4 aromatic rings. The summed E-state index contributed by atoms with van der Waals surface area (Å²) in [6.07, 6.45) is 5.80. The van der Waals surface area contributed by atoms with Crippen LogP contribution in [0, 0.1) is 0 Å². The quantitative estimate of drug-likeness (QED) is 0.367. The van der Waals surface area contributed by atoms with Crippen LogP contribution in [0.2, 0.25) is 0 Å². The highest BCUT2D eigenvalue weighted by molar-refractivity contribution is 7.80. The van der Waals surface area contributed by atoms with Gasteiger partial charge in [0.15, 0.2) is 0 Å². The zero-order chi connectivity index (χ0) is 24.0. The average molecular weight is 505 g/mol. The van der Waals surface area contributed by atoms with E-state index >= 15 is 0 Å². The fourth-order valence-electron chi connectivity index (χ4n) is 4.11. The Morgan fingerprint density at radius 3 is 2.62 bits per heavy atom. The fourth-order valence-corrected chi connectivity index (χ4v) is 5.53. The number of aromatic nitrogens is 5. The highest BCUT2D eigenvalue weighted by atomic mass is 32.2. The van der Waals surface area contributed by atoms with E-state index in [1.807, 2.05) is 0 Å². The van der Waals surface area contributed by atoms with Crippen molar-refractivity contribution in [3.8, 4) is 0 Å². The monoisotopic (exact) mass is 504 g/mol. The zero-order valence-electron chi connectivity index (χ0n) is 18.1. The van der Waals surface area contributed by atoms with Gasteiger partial charge in [0.25, 0.3) is 16.8 Å². The second-order valence-corrected chi connectivity index (χ2v) is 10.1. The standard InChI is InChI=1S/C21H21FN6O4S2/c1-25-10-14(9-23-25)11-27-19(29)17-8-15(28(34(31)32)21(13-22)5-6-21)2-3-18(17)26(20(27)30)12-16-4-7-24-33-16/h2-4,7-10H,5-6,11-13H2,1H3,(H,31,32). The minimum atomic E-state index is -2.48. The van der Waals surface area contributed by atoms with E-state index in [0.717, 1.165) is 13.7 Å². The molecule has 3 aromatic heterocycles. The van der Waals surface area contributed by atoms with Gasteiger partial charge in [-0.25, -0.2) is 17.8 Å². The van der Waals surface area contributed by atoms with Gasteiger partial charge in [-0.05, 0) is 48.6 Å². The van der Waals surface area contributed by atoms with E-state index in [2.05, 4.69) is 9.47 Å². The van der Waals surface area contributed by atoms with Crippen LogP contribution in [0.5, 0.6) is 0 Å². The van der Waals surface area contributed by atoms with Crippen LogP contribution >= 0.6 is 11.5 Å². The molecule has 1 atom stereocenters. The van der Waals surface area contributed by atoms with Crippen LogP contribution in [0.4, 0.5) is 10.1 Å². The molecule has 34 heavy (non-hydrogen) atoms. The molecule has 10 nitrogen and oxygen atoms in total. The van der Waals surface area contributed by atoms with Crippen molar-refractivity contribution in [1.82, 2.24) is 23.3 Å². The summed E-state index contributed by atoms with van der Waals surface area (Å²) in [6.45, 7) is -0.567. The first-order chi connectivity index (χ1) is 16.3. The number of fused-ring (bicyclic) bond motifs is 1. The van der Waals surface area contributed by atoms with Gasteiger partial charge in [0, 0.05) is 29.9 Å². The largest absolute Gasteiger partial charge is 0.332 e. The predicted octanol–water partition coefficient (Wildman–Crippen LogP) is 1.90. The summed E-state index contributed by atoms with van der Waals surface area (Å²) in [5.41, 5.74) is -0.791. The van der Waals surface area contributed by atoms with E-state index in [-0.39, 0.29) is 24.2 Å². The summed E-state index contributed by atoms with van der Waals surface area (Å²) in [7, 11) is 1.74. The van der Waals surface area contributed by atoms with E-state index in [1.165, 1.54) is 22.2 Å². The number of anilines is 1. The second kappa shape index (κ2) is 8.56. The Labute approximate surface area is 199 Å². The van der Waals surface area contributed by atoms with Crippen molar-refractivity contribution in [3.63, 3.8) is 0 Å². The molecule has 1 fully saturated rings. The lowest BCUT2D eigenvalue weighted by Gasteiger charge is -2.28. The van der Waals surface area contributed by atoms with Crippen molar-refractivity contribution in [2.75, 3.05) is 11.0 Å². The SMILES string of the molecule is Cn1cc(Cn2c(=O)c3cc(N(S(=O)O)C4(CF)CC4)ccc3n(Cc3ccns3)c2=O)cn1. The molecule has 0 saturated heterocycles. The first-order valence-electron chi connectivity index (χ1n) is 10.4. The topological polar surface area (TPSA) is 115 Å². The third kappa shape index (κ3) is 3.89. The van der Waals surface area contributed by atoms with E-state index in [9.17, 15) is 22.7 Å². The van der Waals surface area contributed by atoms with Gasteiger partial charge in [-0.2, -0.15) is 5.10 Å². The molecule has 5 rings (SSSR count). The van der Waals surface area contributed by atoms with Gasteiger partial charge < -0.3 is 0 Å². The van der Waals surface area contributed by atoms with Crippen LogP contribution in [-0.4, -0.2) is 44.3 Å². The lowest BCUT2D eigenvalue weighted by atomic mass is 10.2. The predicted molar refractivity (Wildman–Crippen MR) is 127 cm³/mol. The lowest BCUT2D eigenvalue weighted by molar-refractivity contribution is 0.413. The van der Waals surface area contributed by atoms with Crippen molar-refractivity contribution in [3.05, 3.63) is 74.1 Å². The second-order valence-electron chi connectivity index (χ2n) is 8.35. The third-order valence-corrected chi connectivity index (χ3v) is 7.65. The highest BCUT2D eigenvalue weighted by Crippen LogP contribution is 2.45. The maximum atomic E-state index is 13.7. The molecule has 1 aliphatic carbocycles. The van der Waals surface area contributed by atoms with E-state index in [0.29, 0.717) is 23.9 Å². The Morgan fingerprint density at radius 1 is 1.24 bits per heavy atom. The van der Waals surface area contributed by atoms with E-state index in [1.54, 1.807) is 48.5 Å². The third-order valence-electron chi connectivity index (χ3n) is 6.01. The summed E-state index contributed by atoms with van der Waals surface area (Å²) in [4.78, 5) is 27.7. The van der Waals surface area contributed by atoms with Gasteiger partial charge in [0.05, 0.1) is 41.4 Å². The Hall–Kier alpha value is -3.16. The average Bonchev–Trinajstić information content (AvgIpc) is 3.20. The number of hydrogen-bond acceptors (Lipinski definition) is 6. The molecule has 1 aromatic carbocycles. The molecule has 0 amide bonds. The molecule has 0 radical (unpaired) electrons. The molecule has 178 valence electrons. The number of halogens is 1. The minimum absolute atomic E-state index is 0.0123. The van der Waals surface area contributed by atoms with Gasteiger partial charge in [-0.3, -0.25) is 27.5 Å². The summed E-state index contributed by atoms with van der Waals surface area (Å²) in [5.74, 6) is 0. The lowest BCUT2D eigenvalue weighted by Crippen LogP contribution is -2.42. The molecule has 13 heteroatoms. The van der Waals surface area contributed by atoms with Gasteiger partial charge >= 0.3 is 5.69 Å². The first-order valence-corrected chi connectivity index (χ1v) is 12.3. The maximum Gasteiger partial charge on any atom is 0.332 e. The zero-order valence-corrected chi connectivity index (χ0v) is 19.8. The van der Waals surface area contributed by atoms with E-state index < -0.39 is 34.7 Å². The molecular formula is C21H21FN6O4S2. The van der Waals surface area contributed by atoms with Crippen molar-refractivity contribution < 1.29 is 13.2 Å². The number of alkyl halides is 1. The molecule has 0 spiro atoms. The number of hydrogen-bond donors (Lipinski definition) is 1. The van der Waals surface area contributed by atoms with Crippen LogP contribution in [0.15, 0.2) is 52.4 Å². The Morgan fingerprint density at radius 2 is 2.03 bits per heavy atom. The number of aryl methyl sites for hydroxylation is 1. The van der Waals surface area contributed by atoms with Crippen molar-refractivity contribution in [2.24, 2.45) is 7.05 Å². The Bertz CT molecular complexity index is 1510. The molecule has 0 bridgehead atoms. The molecule has 1 unspecified atom stereocenters. The molecule has 1 aliphatic rings. The van der Waals surface area contributed by atoms with Gasteiger partial charge in [0.1, 0.15) is 6.67 Å². The van der Waals surface area contributed by atoms with Crippen LogP contribution in [0.25, 0.3) is 10.9 Å². The number of nitrogens with zero attached hydrogens (tertiary/aromatic N) is 6.